The Morgan fingerprint density at radius 1 is 1.41 bits per heavy atom. The Labute approximate surface area is 128 Å². The number of carboxylic acids is 1. The van der Waals surface area contributed by atoms with Gasteiger partial charge in [-0.3, -0.25) is 0 Å². The van der Waals surface area contributed by atoms with Gasteiger partial charge in [0.2, 0.25) is 10.0 Å². The molecule has 2 aromatic rings. The van der Waals surface area contributed by atoms with Crippen molar-refractivity contribution in [2.45, 2.75) is 31.8 Å². The van der Waals surface area contributed by atoms with Crippen molar-refractivity contribution >= 4 is 16.0 Å². The molecule has 0 amide bonds. The Morgan fingerprint density at radius 3 is 2.55 bits per heavy atom. The van der Waals surface area contributed by atoms with Crippen LogP contribution in [0.1, 0.15) is 28.9 Å². The van der Waals surface area contributed by atoms with Gasteiger partial charge in [0, 0.05) is 19.8 Å². The molecule has 0 radical (unpaired) electrons. The Kier molecular flexibility index (Phi) is 4.43. The van der Waals surface area contributed by atoms with Crippen molar-refractivity contribution in [3.05, 3.63) is 41.6 Å². The predicted molar refractivity (Wildman–Crippen MR) is 79.2 cm³/mol. The molecule has 0 aliphatic carbocycles. The van der Waals surface area contributed by atoms with Crippen molar-refractivity contribution in [3.63, 3.8) is 0 Å². The number of aromatic nitrogens is 1. The van der Waals surface area contributed by atoms with Crippen LogP contribution < -0.4 is 0 Å². The summed E-state index contributed by atoms with van der Waals surface area (Å²) in [4.78, 5) is 11.1. The maximum absolute atomic E-state index is 12.5. The lowest BCUT2D eigenvalue weighted by molar-refractivity contribution is 0.0685. The summed E-state index contributed by atoms with van der Waals surface area (Å²) >= 11 is 0. The molecule has 0 saturated carbocycles. The van der Waals surface area contributed by atoms with Gasteiger partial charge in [-0.15, -0.1) is 0 Å². The quantitative estimate of drug-likeness (QED) is 0.875. The van der Waals surface area contributed by atoms with E-state index in [1.165, 1.54) is 23.9 Å². The van der Waals surface area contributed by atoms with E-state index in [0.717, 1.165) is 4.31 Å². The molecule has 22 heavy (non-hydrogen) atoms. The van der Waals surface area contributed by atoms with Gasteiger partial charge in [-0.05, 0) is 32.0 Å². The summed E-state index contributed by atoms with van der Waals surface area (Å²) in [5, 5.41) is 9.11. The standard InChI is InChI=1S/C14H18N2O5S/c1-4-16-9-12(7-13(16)14(17)18)22(19,20)15(3)8-11-6-5-10(2)21-11/h5-7,9H,4,8H2,1-3H3,(H,17,18). The first-order valence-corrected chi connectivity index (χ1v) is 8.14. The first-order chi connectivity index (χ1) is 10.3. The van der Waals surface area contributed by atoms with Crippen LogP contribution in [-0.4, -0.2) is 35.4 Å². The van der Waals surface area contributed by atoms with Crippen molar-refractivity contribution in [1.82, 2.24) is 8.87 Å². The van der Waals surface area contributed by atoms with E-state index in [2.05, 4.69) is 0 Å². The van der Waals surface area contributed by atoms with Crippen molar-refractivity contribution in [2.24, 2.45) is 0 Å². The second-order valence-electron chi connectivity index (χ2n) is 4.93. The molecule has 8 heteroatoms. The fourth-order valence-electron chi connectivity index (χ4n) is 2.12. The number of aryl methyl sites for hydroxylation is 2. The van der Waals surface area contributed by atoms with Crippen LogP contribution in [0.4, 0.5) is 0 Å². The zero-order valence-corrected chi connectivity index (χ0v) is 13.4. The molecule has 0 saturated heterocycles. The molecule has 1 N–H and O–H groups in total. The third-order valence-corrected chi connectivity index (χ3v) is 5.08. The van der Waals surface area contributed by atoms with Crippen molar-refractivity contribution in [1.29, 1.82) is 0 Å². The molecule has 2 rings (SSSR count). The molecule has 0 unspecified atom stereocenters. The van der Waals surface area contributed by atoms with Gasteiger partial charge in [0.1, 0.15) is 22.1 Å². The highest BCUT2D eigenvalue weighted by Gasteiger charge is 2.25. The lowest BCUT2D eigenvalue weighted by atomic mass is 10.4. The highest BCUT2D eigenvalue weighted by Crippen LogP contribution is 2.20. The van der Waals surface area contributed by atoms with Crippen molar-refractivity contribution in [2.75, 3.05) is 7.05 Å². The minimum absolute atomic E-state index is 0.0440. The predicted octanol–water partition coefficient (Wildman–Crippen LogP) is 1.93. The third kappa shape index (κ3) is 3.07. The number of hydrogen-bond donors (Lipinski definition) is 1. The molecule has 0 aliphatic rings. The number of rotatable bonds is 6. The maximum Gasteiger partial charge on any atom is 0.352 e. The van der Waals surface area contributed by atoms with Gasteiger partial charge in [0.05, 0.1) is 6.54 Å². The first-order valence-electron chi connectivity index (χ1n) is 6.70. The van der Waals surface area contributed by atoms with Crippen LogP contribution in [0.2, 0.25) is 0 Å². The van der Waals surface area contributed by atoms with Gasteiger partial charge in [0.25, 0.3) is 0 Å². The lowest BCUT2D eigenvalue weighted by Crippen LogP contribution is -2.26. The number of sulfonamides is 1. The van der Waals surface area contributed by atoms with Crippen LogP contribution in [0, 0.1) is 6.92 Å². The van der Waals surface area contributed by atoms with Gasteiger partial charge >= 0.3 is 5.97 Å². The van der Waals surface area contributed by atoms with E-state index in [1.807, 2.05) is 0 Å². The number of nitrogens with zero attached hydrogens (tertiary/aromatic N) is 2. The lowest BCUT2D eigenvalue weighted by Gasteiger charge is -2.14. The molecular weight excluding hydrogens is 308 g/mol. The Balaban J connectivity index is 2.31. The highest BCUT2D eigenvalue weighted by molar-refractivity contribution is 7.89. The van der Waals surface area contributed by atoms with Gasteiger partial charge in [-0.1, -0.05) is 0 Å². The molecule has 0 bridgehead atoms. The zero-order chi connectivity index (χ0) is 16.5. The van der Waals surface area contributed by atoms with Gasteiger partial charge in [-0.25, -0.2) is 13.2 Å². The average molecular weight is 326 g/mol. The molecule has 2 heterocycles. The van der Waals surface area contributed by atoms with Gasteiger partial charge < -0.3 is 14.1 Å². The largest absolute Gasteiger partial charge is 0.477 e. The molecule has 0 aromatic carbocycles. The molecule has 7 nitrogen and oxygen atoms in total. The van der Waals surface area contributed by atoms with Crippen LogP contribution in [0.25, 0.3) is 0 Å². The number of furan rings is 1. The Bertz CT molecular complexity index is 788. The summed E-state index contributed by atoms with van der Waals surface area (Å²) in [5.74, 6) is 0.0654. The van der Waals surface area contributed by atoms with E-state index >= 15 is 0 Å². The topological polar surface area (TPSA) is 92.8 Å². The first kappa shape index (κ1) is 16.3. The van der Waals surface area contributed by atoms with Crippen LogP contribution in [0.3, 0.4) is 0 Å². The summed E-state index contributed by atoms with van der Waals surface area (Å²) < 4.78 is 32.9. The smallest absolute Gasteiger partial charge is 0.352 e. The molecule has 0 aliphatic heterocycles. The molecule has 120 valence electrons. The summed E-state index contributed by atoms with van der Waals surface area (Å²) in [6, 6.07) is 4.64. The fourth-order valence-corrected chi connectivity index (χ4v) is 3.30. The minimum atomic E-state index is -3.78. The molecule has 0 fully saturated rings. The summed E-state index contributed by atoms with van der Waals surface area (Å²) in [5.41, 5.74) is -0.0525. The minimum Gasteiger partial charge on any atom is -0.477 e. The van der Waals surface area contributed by atoms with E-state index in [1.54, 1.807) is 26.0 Å². The molecule has 0 spiro atoms. The van der Waals surface area contributed by atoms with E-state index in [9.17, 15) is 13.2 Å². The fraction of sp³-hybridized carbons (Fsp3) is 0.357. The van der Waals surface area contributed by atoms with Crippen LogP contribution in [0.5, 0.6) is 0 Å². The molecule has 0 atom stereocenters. The Morgan fingerprint density at radius 2 is 2.09 bits per heavy atom. The number of carbonyl (C=O) groups is 1. The van der Waals surface area contributed by atoms with Crippen molar-refractivity contribution < 1.29 is 22.7 Å². The van der Waals surface area contributed by atoms with E-state index in [4.69, 9.17) is 9.52 Å². The number of carboxylic acid groups (broad SMARTS) is 1. The van der Waals surface area contributed by atoms with Gasteiger partial charge in [-0.2, -0.15) is 4.31 Å². The maximum atomic E-state index is 12.5. The van der Waals surface area contributed by atoms with Crippen molar-refractivity contribution in [3.8, 4) is 0 Å². The molecule has 2 aromatic heterocycles. The Hall–Kier alpha value is -2.06. The zero-order valence-electron chi connectivity index (χ0n) is 12.6. The SMILES string of the molecule is CCn1cc(S(=O)(=O)N(C)Cc2ccc(C)o2)cc1C(=O)O. The van der Waals surface area contributed by atoms with E-state index < -0.39 is 16.0 Å². The summed E-state index contributed by atoms with van der Waals surface area (Å²) in [7, 11) is -2.36. The molecular formula is C14H18N2O5S. The third-order valence-electron chi connectivity index (χ3n) is 3.31. The highest BCUT2D eigenvalue weighted by atomic mass is 32.2. The number of hydrogen-bond acceptors (Lipinski definition) is 4. The van der Waals surface area contributed by atoms with E-state index in [-0.39, 0.29) is 17.1 Å². The second kappa shape index (κ2) is 5.98. The summed E-state index contributed by atoms with van der Waals surface area (Å²) in [6.07, 6.45) is 1.34. The monoisotopic (exact) mass is 326 g/mol. The van der Waals surface area contributed by atoms with Crippen LogP contribution >= 0.6 is 0 Å². The van der Waals surface area contributed by atoms with Crippen LogP contribution in [-0.2, 0) is 23.1 Å². The second-order valence-corrected chi connectivity index (χ2v) is 6.97. The number of aromatic carboxylic acids is 1. The van der Waals surface area contributed by atoms with E-state index in [0.29, 0.717) is 18.1 Å². The average Bonchev–Trinajstić information content (AvgIpc) is 3.05. The van der Waals surface area contributed by atoms with Gasteiger partial charge in [0.15, 0.2) is 0 Å². The van der Waals surface area contributed by atoms with Crippen LogP contribution in [0.15, 0.2) is 33.7 Å². The summed E-state index contributed by atoms with van der Waals surface area (Å²) in [6.45, 7) is 3.98. The normalized spacial score (nSPS) is 12.0.